The molecule has 1 fully saturated rings. The van der Waals surface area contributed by atoms with Crippen LogP contribution in [0.15, 0.2) is 0 Å². The Kier molecular flexibility index (Phi) is 2.01. The molecule has 1 saturated carbocycles. The Labute approximate surface area is 62.8 Å². The molecule has 0 saturated heterocycles. The average Bonchev–Trinajstić information content (AvgIpc) is 2.68. The van der Waals surface area contributed by atoms with Crippen molar-refractivity contribution in [3.05, 3.63) is 0 Å². The summed E-state index contributed by atoms with van der Waals surface area (Å²) >= 11 is 0. The smallest absolute Gasteiger partial charge is 0.0712 e. The lowest BCUT2D eigenvalue weighted by molar-refractivity contribution is 0.0418. The molecule has 1 atom stereocenters. The normalized spacial score (nSPS) is 23.3. The first-order chi connectivity index (χ1) is 4.75. The predicted molar refractivity (Wildman–Crippen MR) is 41.6 cm³/mol. The molecule has 1 aliphatic carbocycles. The standard InChI is InChI=1S/C9H14O/c1-4-9(6-7-9)8(3)10-5-2/h1,8H,5-7H2,2-3H3. The fraction of sp³-hybridized carbons (Fsp3) is 0.778. The highest BCUT2D eigenvalue weighted by molar-refractivity contribution is 5.17. The summed E-state index contributed by atoms with van der Waals surface area (Å²) in [6, 6.07) is 0. The fourth-order valence-corrected chi connectivity index (χ4v) is 1.21. The van der Waals surface area contributed by atoms with Gasteiger partial charge in [0, 0.05) is 6.61 Å². The van der Waals surface area contributed by atoms with Crippen molar-refractivity contribution in [1.82, 2.24) is 0 Å². The maximum Gasteiger partial charge on any atom is 0.0712 e. The van der Waals surface area contributed by atoms with Gasteiger partial charge in [-0.1, -0.05) is 5.92 Å². The minimum absolute atomic E-state index is 0.107. The number of terminal acetylenes is 1. The van der Waals surface area contributed by atoms with Crippen LogP contribution in [0.3, 0.4) is 0 Å². The molecule has 0 N–H and O–H groups in total. The highest BCUT2D eigenvalue weighted by atomic mass is 16.5. The third-order valence-corrected chi connectivity index (χ3v) is 2.27. The average molecular weight is 138 g/mol. The van der Waals surface area contributed by atoms with E-state index in [-0.39, 0.29) is 11.5 Å². The van der Waals surface area contributed by atoms with Gasteiger partial charge in [-0.15, -0.1) is 6.42 Å². The maximum absolute atomic E-state index is 5.42. The van der Waals surface area contributed by atoms with E-state index in [4.69, 9.17) is 11.2 Å². The molecule has 0 bridgehead atoms. The van der Waals surface area contributed by atoms with Gasteiger partial charge >= 0.3 is 0 Å². The van der Waals surface area contributed by atoms with E-state index in [9.17, 15) is 0 Å². The van der Waals surface area contributed by atoms with Crippen molar-refractivity contribution in [3.8, 4) is 12.3 Å². The van der Waals surface area contributed by atoms with Gasteiger partial charge in [-0.2, -0.15) is 0 Å². The van der Waals surface area contributed by atoms with E-state index in [2.05, 4.69) is 12.8 Å². The second kappa shape index (κ2) is 2.64. The van der Waals surface area contributed by atoms with Crippen LogP contribution in [-0.2, 0) is 4.74 Å². The number of hydrogen-bond donors (Lipinski definition) is 0. The van der Waals surface area contributed by atoms with Crippen LogP contribution < -0.4 is 0 Å². The quantitative estimate of drug-likeness (QED) is 0.540. The SMILES string of the molecule is C#CC1(C(C)OCC)CC1. The molecular weight excluding hydrogens is 124 g/mol. The molecule has 1 nitrogen and oxygen atoms in total. The van der Waals surface area contributed by atoms with Gasteiger partial charge in [0.2, 0.25) is 0 Å². The van der Waals surface area contributed by atoms with E-state index in [1.165, 1.54) is 0 Å². The number of hydrogen-bond acceptors (Lipinski definition) is 1. The van der Waals surface area contributed by atoms with E-state index >= 15 is 0 Å². The molecule has 1 heteroatoms. The largest absolute Gasteiger partial charge is 0.377 e. The fourth-order valence-electron chi connectivity index (χ4n) is 1.21. The van der Waals surface area contributed by atoms with Gasteiger partial charge < -0.3 is 4.74 Å². The summed E-state index contributed by atoms with van der Waals surface area (Å²) in [6.07, 6.45) is 7.91. The molecule has 0 aromatic rings. The van der Waals surface area contributed by atoms with Crippen molar-refractivity contribution >= 4 is 0 Å². The van der Waals surface area contributed by atoms with Crippen LogP contribution in [0.1, 0.15) is 26.7 Å². The Bertz CT molecular complexity index is 151. The third-order valence-electron chi connectivity index (χ3n) is 2.27. The Morgan fingerprint density at radius 1 is 1.70 bits per heavy atom. The van der Waals surface area contributed by atoms with Crippen LogP contribution in [0.5, 0.6) is 0 Å². The molecule has 0 aromatic carbocycles. The first-order valence-corrected chi connectivity index (χ1v) is 3.84. The summed E-state index contributed by atoms with van der Waals surface area (Å²) in [7, 11) is 0. The molecule has 0 heterocycles. The van der Waals surface area contributed by atoms with Crippen LogP contribution >= 0.6 is 0 Å². The zero-order valence-electron chi connectivity index (χ0n) is 6.68. The minimum Gasteiger partial charge on any atom is -0.377 e. The van der Waals surface area contributed by atoms with Gasteiger partial charge in [0.15, 0.2) is 0 Å². The highest BCUT2D eigenvalue weighted by Gasteiger charge is 2.46. The van der Waals surface area contributed by atoms with Crippen molar-refractivity contribution < 1.29 is 4.74 Å². The van der Waals surface area contributed by atoms with Crippen molar-refractivity contribution in [2.45, 2.75) is 32.8 Å². The first-order valence-electron chi connectivity index (χ1n) is 3.84. The van der Waals surface area contributed by atoms with Crippen LogP contribution in [0.25, 0.3) is 0 Å². The Balaban J connectivity index is 2.41. The van der Waals surface area contributed by atoms with Gasteiger partial charge in [-0.05, 0) is 26.7 Å². The minimum atomic E-state index is 0.107. The van der Waals surface area contributed by atoms with Crippen molar-refractivity contribution in [1.29, 1.82) is 0 Å². The van der Waals surface area contributed by atoms with Crippen molar-refractivity contribution in [3.63, 3.8) is 0 Å². The van der Waals surface area contributed by atoms with Crippen LogP contribution in [0.2, 0.25) is 0 Å². The van der Waals surface area contributed by atoms with E-state index in [1.807, 2.05) is 6.92 Å². The van der Waals surface area contributed by atoms with Gasteiger partial charge in [-0.3, -0.25) is 0 Å². The lowest BCUT2D eigenvalue weighted by Crippen LogP contribution is -2.20. The van der Waals surface area contributed by atoms with Crippen molar-refractivity contribution in [2.75, 3.05) is 6.61 Å². The zero-order chi connectivity index (χ0) is 7.61. The summed E-state index contributed by atoms with van der Waals surface area (Å²) in [5.41, 5.74) is 0.107. The molecule has 1 unspecified atom stereocenters. The zero-order valence-corrected chi connectivity index (χ0v) is 6.68. The summed E-state index contributed by atoms with van der Waals surface area (Å²) < 4.78 is 5.42. The van der Waals surface area contributed by atoms with E-state index in [0.717, 1.165) is 19.4 Å². The summed E-state index contributed by atoms with van der Waals surface area (Å²) in [5.74, 6) is 2.81. The Morgan fingerprint density at radius 2 is 2.30 bits per heavy atom. The Morgan fingerprint density at radius 3 is 2.60 bits per heavy atom. The van der Waals surface area contributed by atoms with E-state index < -0.39 is 0 Å². The highest BCUT2D eigenvalue weighted by Crippen LogP contribution is 2.48. The second-order valence-electron chi connectivity index (χ2n) is 2.90. The van der Waals surface area contributed by atoms with Gasteiger partial charge in [0.1, 0.15) is 0 Å². The molecule has 0 aromatic heterocycles. The van der Waals surface area contributed by atoms with E-state index in [0.29, 0.717) is 0 Å². The van der Waals surface area contributed by atoms with E-state index in [1.54, 1.807) is 0 Å². The molecule has 0 aliphatic heterocycles. The molecule has 56 valence electrons. The molecule has 1 aliphatic rings. The third kappa shape index (κ3) is 1.17. The molecule has 0 spiro atoms. The van der Waals surface area contributed by atoms with Gasteiger partial charge in [-0.25, -0.2) is 0 Å². The molecule has 1 rings (SSSR count). The van der Waals surface area contributed by atoms with Gasteiger partial charge in [0.25, 0.3) is 0 Å². The monoisotopic (exact) mass is 138 g/mol. The summed E-state index contributed by atoms with van der Waals surface area (Å²) in [5, 5.41) is 0. The topological polar surface area (TPSA) is 9.23 Å². The maximum atomic E-state index is 5.42. The summed E-state index contributed by atoms with van der Waals surface area (Å²) in [6.45, 7) is 4.84. The van der Waals surface area contributed by atoms with Crippen LogP contribution in [0, 0.1) is 17.8 Å². The number of rotatable bonds is 3. The van der Waals surface area contributed by atoms with Crippen LogP contribution in [-0.4, -0.2) is 12.7 Å². The Hall–Kier alpha value is -0.480. The predicted octanol–water partition coefficient (Wildman–Crippen LogP) is 1.82. The molecule has 0 radical (unpaired) electrons. The van der Waals surface area contributed by atoms with Crippen molar-refractivity contribution in [2.24, 2.45) is 5.41 Å². The lowest BCUT2D eigenvalue weighted by atomic mass is 10.0. The first kappa shape index (κ1) is 7.63. The summed E-state index contributed by atoms with van der Waals surface area (Å²) in [4.78, 5) is 0. The number of ether oxygens (including phenoxy) is 1. The van der Waals surface area contributed by atoms with Gasteiger partial charge in [0.05, 0.1) is 11.5 Å². The second-order valence-corrected chi connectivity index (χ2v) is 2.90. The lowest BCUT2D eigenvalue weighted by Gasteiger charge is -2.16. The molecular formula is C9H14O. The van der Waals surface area contributed by atoms with Crippen LogP contribution in [0.4, 0.5) is 0 Å². The molecule has 0 amide bonds. The molecule has 10 heavy (non-hydrogen) atoms.